The highest BCUT2D eigenvalue weighted by Gasteiger charge is 2.30. The second kappa shape index (κ2) is 63.3. The molecule has 6 nitrogen and oxygen atoms in total. The van der Waals surface area contributed by atoms with Crippen molar-refractivity contribution in [2.45, 2.75) is 258 Å². The molecule has 0 bridgehead atoms. The third-order valence-electron chi connectivity index (χ3n) is 8.59. The van der Waals surface area contributed by atoms with Crippen molar-refractivity contribution in [3.05, 3.63) is 0 Å². The van der Waals surface area contributed by atoms with Crippen LogP contribution in [0.15, 0.2) is 0 Å². The molecule has 5 saturated heterocycles. The van der Waals surface area contributed by atoms with Gasteiger partial charge in [0.25, 0.3) is 0 Å². The van der Waals surface area contributed by atoms with Gasteiger partial charge in [0.05, 0.1) is 50.9 Å². The molecule has 362 valence electrons. The van der Waals surface area contributed by atoms with Crippen molar-refractivity contribution in [2.75, 3.05) is 66.1 Å². The topological polar surface area (TPSA) is 55.4 Å². The van der Waals surface area contributed by atoms with Gasteiger partial charge in [0.2, 0.25) is 0 Å². The summed E-state index contributed by atoms with van der Waals surface area (Å²) >= 11 is 0. The highest BCUT2D eigenvalue weighted by atomic mass is 19.1. The Kier molecular flexibility index (Phi) is 78.6. The number of alkyl halides is 2. The van der Waals surface area contributed by atoms with Gasteiger partial charge in [-0.15, -0.1) is 0 Å². The van der Waals surface area contributed by atoms with Crippen LogP contribution in [-0.2, 0) is 28.4 Å². The molecule has 0 amide bonds. The Balaban J connectivity index is -0.0000000998. The molecule has 7 rings (SSSR count). The molecule has 0 spiro atoms. The molecule has 0 radical (unpaired) electrons. The molecule has 0 N–H and O–H groups in total. The average Bonchev–Trinajstić information content (AvgIpc) is 4.00. The molecule has 2 unspecified atom stereocenters. The van der Waals surface area contributed by atoms with Crippen LogP contribution in [0, 0.1) is 5.92 Å². The minimum atomic E-state index is -0.778. The average molecular weight is 847 g/mol. The zero-order valence-electron chi connectivity index (χ0n) is 43.3. The van der Waals surface area contributed by atoms with Gasteiger partial charge in [0.15, 0.2) is 0 Å². The quantitative estimate of drug-likeness (QED) is 0.262. The minimum Gasteiger partial charge on any atom is -0.381 e. The Labute approximate surface area is 366 Å². The fraction of sp³-hybridized carbons (Fsp3) is 1.00. The number of rotatable bonds is 1. The number of hydrogen-bond acceptors (Lipinski definition) is 6. The lowest BCUT2D eigenvalue weighted by atomic mass is 9.84. The van der Waals surface area contributed by atoms with Crippen molar-refractivity contribution in [3.63, 3.8) is 0 Å². The third kappa shape index (κ3) is 62.3. The lowest BCUT2D eigenvalue weighted by Gasteiger charge is -2.28. The van der Waals surface area contributed by atoms with Gasteiger partial charge in [-0.1, -0.05) is 103 Å². The molecule has 2 saturated carbocycles. The van der Waals surface area contributed by atoms with E-state index in [1.165, 1.54) is 70.6 Å². The van der Waals surface area contributed by atoms with Gasteiger partial charge in [-0.3, -0.25) is 4.39 Å². The van der Waals surface area contributed by atoms with E-state index in [2.05, 4.69) is 27.7 Å². The smallest absolute Gasteiger partial charge is 0.108 e. The lowest BCUT2D eigenvalue weighted by Crippen LogP contribution is -2.26. The van der Waals surface area contributed by atoms with Gasteiger partial charge in [0.1, 0.15) is 5.67 Å². The highest BCUT2D eigenvalue weighted by Crippen LogP contribution is 2.34. The van der Waals surface area contributed by atoms with Crippen LogP contribution in [0.3, 0.4) is 0 Å². The molecule has 0 aromatic rings. The maximum atomic E-state index is 12.2. The number of halogens is 2. The maximum absolute atomic E-state index is 12.2. The molecule has 0 aromatic carbocycles. The van der Waals surface area contributed by atoms with E-state index in [0.717, 1.165) is 91.6 Å². The Morgan fingerprint density at radius 1 is 0.414 bits per heavy atom. The summed E-state index contributed by atoms with van der Waals surface area (Å²) in [6.45, 7) is 46.2. The van der Waals surface area contributed by atoms with E-state index in [-0.39, 0.29) is 12.3 Å². The third-order valence-corrected chi connectivity index (χ3v) is 8.59. The summed E-state index contributed by atoms with van der Waals surface area (Å²) in [4.78, 5) is 0. The first-order valence-corrected chi connectivity index (χ1v) is 25.0. The standard InChI is InChI=1S/C7H14O.C6H12O.2C5H9F.C5H10O.C4H8O2.C4H8O.7C2H6/c1-6-4-3-5-7(2)8-6;1-6(2)4-3-5-7-6;1-5(6)3-2-4-5;6-4-5-2-1-3-5;1-2-4-6-5-3-1;1-2-6-4-3-5-1;1-2-4-5-3-1;7*1-2/h6-7H,3-5H2,1-2H3;3-5H2,1-2H3;2-4H2,1H3;5H,1-4H2;1-5H2;1-4H2;1-4H2;7*1-2H3. The van der Waals surface area contributed by atoms with Crippen molar-refractivity contribution < 1.29 is 37.2 Å². The van der Waals surface area contributed by atoms with E-state index < -0.39 is 5.67 Å². The van der Waals surface area contributed by atoms with E-state index in [0.29, 0.717) is 18.1 Å². The van der Waals surface area contributed by atoms with Crippen LogP contribution in [-0.4, -0.2) is 89.6 Å². The zero-order chi connectivity index (χ0) is 46.4. The van der Waals surface area contributed by atoms with Crippen LogP contribution >= 0.6 is 0 Å². The molecule has 5 aliphatic heterocycles. The summed E-state index contributed by atoms with van der Waals surface area (Å²) in [5.74, 6) is 0.449. The Morgan fingerprint density at radius 2 is 0.741 bits per heavy atom. The van der Waals surface area contributed by atoms with E-state index in [1.807, 2.05) is 96.9 Å². The molecule has 7 fully saturated rings. The molecule has 8 heteroatoms. The molecule has 58 heavy (non-hydrogen) atoms. The Hall–Kier alpha value is -0.380. The van der Waals surface area contributed by atoms with Gasteiger partial charge in [-0.25, -0.2) is 4.39 Å². The van der Waals surface area contributed by atoms with Gasteiger partial charge in [-0.05, 0) is 137 Å². The Bertz CT molecular complexity index is 556. The second-order valence-corrected chi connectivity index (χ2v) is 13.8. The summed E-state index contributed by atoms with van der Waals surface area (Å²) in [6.07, 6.45) is 20.0. The minimum absolute atomic E-state index is 0.0833. The lowest BCUT2D eigenvalue weighted by molar-refractivity contribution is -0.0334. The van der Waals surface area contributed by atoms with Gasteiger partial charge >= 0.3 is 0 Å². The Morgan fingerprint density at radius 3 is 0.845 bits per heavy atom. The van der Waals surface area contributed by atoms with Crippen LogP contribution in [0.4, 0.5) is 8.78 Å². The van der Waals surface area contributed by atoms with Crippen LogP contribution in [0.2, 0.25) is 0 Å². The fourth-order valence-corrected chi connectivity index (χ4v) is 5.09. The van der Waals surface area contributed by atoms with E-state index in [1.54, 1.807) is 6.92 Å². The SMILES string of the molecule is C1CCOC1.C1CCOCC1.C1COCCO1.CC.CC.CC.CC.CC.CC.CC.CC1(C)CCCO1.CC1(F)CCC1.CC1CCCC(C)O1.FCC1CCC1. The number of hydrogen-bond donors (Lipinski definition) is 0. The molecule has 5 heterocycles. The highest BCUT2D eigenvalue weighted by molar-refractivity contribution is 4.82. The van der Waals surface area contributed by atoms with Crippen molar-refractivity contribution in [1.29, 1.82) is 0 Å². The number of ether oxygens (including phenoxy) is 6. The maximum Gasteiger partial charge on any atom is 0.108 e. The van der Waals surface area contributed by atoms with Crippen LogP contribution in [0.5, 0.6) is 0 Å². The summed E-state index contributed by atoms with van der Waals surface area (Å²) in [5, 5.41) is 0. The molecule has 7 aliphatic rings. The summed E-state index contributed by atoms with van der Waals surface area (Å²) in [6, 6.07) is 0. The van der Waals surface area contributed by atoms with E-state index >= 15 is 0 Å². The fourth-order valence-electron chi connectivity index (χ4n) is 5.09. The molecular weight excluding hydrogens is 735 g/mol. The van der Waals surface area contributed by atoms with Crippen molar-refractivity contribution in [1.82, 2.24) is 0 Å². The van der Waals surface area contributed by atoms with Crippen LogP contribution in [0.25, 0.3) is 0 Å². The van der Waals surface area contributed by atoms with Crippen molar-refractivity contribution in [2.24, 2.45) is 5.92 Å². The first-order chi connectivity index (χ1) is 28.1. The first kappa shape index (κ1) is 72.1. The second-order valence-electron chi connectivity index (χ2n) is 13.8. The predicted octanol–water partition coefficient (Wildman–Crippen LogP) is 16.4. The molecule has 0 aromatic heterocycles. The zero-order valence-corrected chi connectivity index (χ0v) is 43.3. The van der Waals surface area contributed by atoms with Gasteiger partial charge in [0, 0.05) is 33.0 Å². The van der Waals surface area contributed by atoms with Gasteiger partial charge in [-0.2, -0.15) is 0 Å². The van der Waals surface area contributed by atoms with Crippen molar-refractivity contribution >= 4 is 0 Å². The molecule has 2 aliphatic carbocycles. The molecule has 2 atom stereocenters. The summed E-state index contributed by atoms with van der Waals surface area (Å²) in [5.41, 5.74) is -0.583. The normalized spacial score (nSPS) is 22.1. The first-order valence-electron chi connectivity index (χ1n) is 25.0. The molecular formula is C50H112F2O6. The van der Waals surface area contributed by atoms with Crippen LogP contribution < -0.4 is 0 Å². The van der Waals surface area contributed by atoms with Crippen molar-refractivity contribution in [3.8, 4) is 0 Å². The monoisotopic (exact) mass is 847 g/mol. The largest absolute Gasteiger partial charge is 0.381 e. The van der Waals surface area contributed by atoms with E-state index in [9.17, 15) is 8.78 Å². The summed E-state index contributed by atoms with van der Waals surface area (Å²) < 4.78 is 54.4. The predicted molar refractivity (Wildman–Crippen MR) is 256 cm³/mol. The van der Waals surface area contributed by atoms with Gasteiger partial charge < -0.3 is 28.4 Å². The van der Waals surface area contributed by atoms with E-state index in [4.69, 9.17) is 28.4 Å². The summed E-state index contributed by atoms with van der Waals surface area (Å²) in [7, 11) is 0. The van der Waals surface area contributed by atoms with Crippen LogP contribution in [0.1, 0.15) is 234 Å².